The second kappa shape index (κ2) is 9.43. The van der Waals surface area contributed by atoms with Crippen molar-refractivity contribution >= 4 is 23.7 Å². The van der Waals surface area contributed by atoms with Crippen LogP contribution in [0, 0.1) is 0 Å². The summed E-state index contributed by atoms with van der Waals surface area (Å²) >= 11 is 6.01. The predicted octanol–water partition coefficient (Wildman–Crippen LogP) is 3.83. The lowest BCUT2D eigenvalue weighted by Gasteiger charge is -2.27. The van der Waals surface area contributed by atoms with E-state index in [1.54, 1.807) is 73.7 Å². The number of hydrogen-bond acceptors (Lipinski definition) is 5. The molecule has 0 aliphatic carbocycles. The number of ether oxygens (including phenoxy) is 1. The molecule has 0 aliphatic heterocycles. The molecule has 0 heterocycles. The van der Waals surface area contributed by atoms with Gasteiger partial charge in [0.05, 0.1) is 17.8 Å². The molecule has 0 unspecified atom stereocenters. The minimum absolute atomic E-state index is 0.0961. The van der Waals surface area contributed by atoms with Crippen molar-refractivity contribution in [1.82, 2.24) is 5.43 Å². The second-order valence-corrected chi connectivity index (χ2v) is 6.83. The van der Waals surface area contributed by atoms with Crippen LogP contribution in [-0.4, -0.2) is 28.9 Å². The number of aliphatic hydroxyl groups is 1. The number of nitrogens with zero attached hydrogens (tertiary/aromatic N) is 1. The molecule has 0 aliphatic rings. The molecule has 3 rings (SSSR count). The zero-order chi connectivity index (χ0) is 21.6. The van der Waals surface area contributed by atoms with Gasteiger partial charge in [0.1, 0.15) is 0 Å². The van der Waals surface area contributed by atoms with E-state index in [9.17, 15) is 15.0 Å². The standard InChI is InChI=1S/C23H21ClN2O4/c1-2-30-20-14-16(13-19(24)21(20)27)15-25-26-22(28)23(29,17-9-5-3-6-10-17)18-11-7-4-8-12-18/h3-15,27,29H,2H2,1H3,(H,26,28)/b25-15+. The number of hydrogen-bond donors (Lipinski definition) is 3. The highest BCUT2D eigenvalue weighted by Crippen LogP contribution is 2.35. The summed E-state index contributed by atoms with van der Waals surface area (Å²) in [5.74, 6) is -0.670. The topological polar surface area (TPSA) is 91.2 Å². The smallest absolute Gasteiger partial charge is 0.281 e. The highest BCUT2D eigenvalue weighted by atomic mass is 35.5. The van der Waals surface area contributed by atoms with Crippen LogP contribution in [0.2, 0.25) is 5.02 Å². The van der Waals surface area contributed by atoms with Gasteiger partial charge in [0.2, 0.25) is 0 Å². The van der Waals surface area contributed by atoms with Crippen LogP contribution in [0.4, 0.5) is 0 Å². The summed E-state index contributed by atoms with van der Waals surface area (Å²) in [7, 11) is 0. The lowest BCUT2D eigenvalue weighted by molar-refractivity contribution is -0.136. The number of halogens is 1. The first-order valence-corrected chi connectivity index (χ1v) is 9.66. The predicted molar refractivity (Wildman–Crippen MR) is 116 cm³/mol. The Bertz CT molecular complexity index is 1000. The van der Waals surface area contributed by atoms with Crippen LogP contribution in [0.25, 0.3) is 0 Å². The Morgan fingerprint density at radius 2 is 1.67 bits per heavy atom. The zero-order valence-electron chi connectivity index (χ0n) is 16.2. The van der Waals surface area contributed by atoms with E-state index in [0.717, 1.165) is 0 Å². The van der Waals surface area contributed by atoms with Crippen molar-refractivity contribution in [2.75, 3.05) is 6.61 Å². The molecule has 7 heteroatoms. The van der Waals surface area contributed by atoms with Crippen molar-refractivity contribution in [3.63, 3.8) is 0 Å². The average molecular weight is 425 g/mol. The molecule has 154 valence electrons. The first-order chi connectivity index (χ1) is 14.5. The Morgan fingerprint density at radius 3 is 2.20 bits per heavy atom. The molecule has 0 radical (unpaired) electrons. The fourth-order valence-electron chi connectivity index (χ4n) is 2.97. The number of benzene rings is 3. The molecule has 0 saturated heterocycles. The Kier molecular flexibility index (Phi) is 6.72. The lowest BCUT2D eigenvalue weighted by atomic mass is 9.85. The zero-order valence-corrected chi connectivity index (χ0v) is 17.0. The molecule has 0 spiro atoms. The molecule has 0 bridgehead atoms. The molecule has 3 N–H and O–H groups in total. The van der Waals surface area contributed by atoms with Gasteiger partial charge in [-0.15, -0.1) is 0 Å². The number of phenolic OH excluding ortho intramolecular Hbond substituents is 1. The van der Waals surface area contributed by atoms with Crippen LogP contribution in [0.5, 0.6) is 11.5 Å². The Morgan fingerprint density at radius 1 is 1.10 bits per heavy atom. The molecular weight excluding hydrogens is 404 g/mol. The lowest BCUT2D eigenvalue weighted by Crippen LogP contribution is -2.43. The average Bonchev–Trinajstić information content (AvgIpc) is 2.77. The third kappa shape index (κ3) is 4.45. The highest BCUT2D eigenvalue weighted by molar-refractivity contribution is 6.32. The Labute approximate surface area is 179 Å². The Hall–Kier alpha value is -3.35. The van der Waals surface area contributed by atoms with Crippen LogP contribution in [-0.2, 0) is 10.4 Å². The maximum Gasteiger partial charge on any atom is 0.281 e. The summed E-state index contributed by atoms with van der Waals surface area (Å²) in [6, 6.07) is 20.3. The summed E-state index contributed by atoms with van der Waals surface area (Å²) in [6.45, 7) is 2.13. The summed E-state index contributed by atoms with van der Waals surface area (Å²) in [6.07, 6.45) is 1.35. The van der Waals surface area contributed by atoms with Crippen LogP contribution in [0.15, 0.2) is 77.9 Å². The van der Waals surface area contributed by atoms with Gasteiger partial charge in [-0.2, -0.15) is 5.10 Å². The van der Waals surface area contributed by atoms with E-state index >= 15 is 0 Å². The van der Waals surface area contributed by atoms with E-state index in [2.05, 4.69) is 10.5 Å². The monoisotopic (exact) mass is 424 g/mol. The van der Waals surface area contributed by atoms with Gasteiger partial charge >= 0.3 is 0 Å². The van der Waals surface area contributed by atoms with E-state index in [1.807, 2.05) is 0 Å². The van der Waals surface area contributed by atoms with Gasteiger partial charge in [-0.05, 0) is 35.7 Å². The molecule has 0 saturated carbocycles. The molecule has 1 amide bonds. The SMILES string of the molecule is CCOc1cc(/C=N/NC(=O)C(O)(c2ccccc2)c2ccccc2)cc(Cl)c1O. The van der Waals surface area contributed by atoms with Gasteiger partial charge in [-0.1, -0.05) is 72.3 Å². The van der Waals surface area contributed by atoms with Crippen molar-refractivity contribution in [2.24, 2.45) is 5.10 Å². The highest BCUT2D eigenvalue weighted by Gasteiger charge is 2.39. The van der Waals surface area contributed by atoms with Gasteiger partial charge in [-0.3, -0.25) is 4.79 Å². The van der Waals surface area contributed by atoms with Crippen LogP contribution >= 0.6 is 11.6 Å². The number of hydrazone groups is 1. The first-order valence-electron chi connectivity index (χ1n) is 9.29. The normalized spacial score (nSPS) is 11.4. The molecule has 0 fully saturated rings. The molecule has 3 aromatic rings. The van der Waals surface area contributed by atoms with Gasteiger partial charge in [-0.25, -0.2) is 5.43 Å². The maximum atomic E-state index is 13.0. The first kappa shape index (κ1) is 21.4. The van der Waals surface area contributed by atoms with Gasteiger partial charge in [0.25, 0.3) is 5.91 Å². The molecule has 30 heavy (non-hydrogen) atoms. The Balaban J connectivity index is 1.87. The summed E-state index contributed by atoms with van der Waals surface area (Å²) < 4.78 is 5.33. The minimum atomic E-state index is -1.93. The molecular formula is C23H21ClN2O4. The third-order valence-corrected chi connectivity index (χ3v) is 4.73. The maximum absolute atomic E-state index is 13.0. The van der Waals surface area contributed by atoms with Crippen molar-refractivity contribution < 1.29 is 19.7 Å². The number of rotatable bonds is 7. The number of carbonyl (C=O) groups is 1. The van der Waals surface area contributed by atoms with Gasteiger partial charge in [0.15, 0.2) is 17.1 Å². The van der Waals surface area contributed by atoms with Crippen LogP contribution in [0.3, 0.4) is 0 Å². The van der Waals surface area contributed by atoms with E-state index in [1.165, 1.54) is 12.3 Å². The van der Waals surface area contributed by atoms with Gasteiger partial charge < -0.3 is 14.9 Å². The summed E-state index contributed by atoms with van der Waals surface area (Å²) in [5, 5.41) is 25.3. The molecule has 3 aromatic carbocycles. The number of carbonyl (C=O) groups excluding carboxylic acids is 1. The van der Waals surface area contributed by atoms with E-state index in [-0.39, 0.29) is 16.5 Å². The number of phenols is 1. The van der Waals surface area contributed by atoms with Crippen molar-refractivity contribution in [2.45, 2.75) is 12.5 Å². The quantitative estimate of drug-likeness (QED) is 0.397. The number of aromatic hydroxyl groups is 1. The number of nitrogens with one attached hydrogen (secondary N) is 1. The third-order valence-electron chi connectivity index (χ3n) is 4.44. The second-order valence-electron chi connectivity index (χ2n) is 6.42. The van der Waals surface area contributed by atoms with Crippen LogP contribution in [0.1, 0.15) is 23.6 Å². The fraction of sp³-hybridized carbons (Fsp3) is 0.130. The fourth-order valence-corrected chi connectivity index (χ4v) is 3.19. The molecule has 6 nitrogen and oxygen atoms in total. The van der Waals surface area contributed by atoms with Crippen LogP contribution < -0.4 is 10.2 Å². The van der Waals surface area contributed by atoms with E-state index < -0.39 is 11.5 Å². The van der Waals surface area contributed by atoms with Crippen molar-refractivity contribution in [3.8, 4) is 11.5 Å². The largest absolute Gasteiger partial charge is 0.503 e. The summed E-state index contributed by atoms with van der Waals surface area (Å²) in [4.78, 5) is 13.0. The van der Waals surface area contributed by atoms with E-state index in [4.69, 9.17) is 16.3 Å². The molecule has 0 atom stereocenters. The number of amides is 1. The minimum Gasteiger partial charge on any atom is -0.503 e. The van der Waals surface area contributed by atoms with E-state index in [0.29, 0.717) is 23.3 Å². The molecule has 0 aromatic heterocycles. The summed E-state index contributed by atoms with van der Waals surface area (Å²) in [5.41, 5.74) is 1.79. The van der Waals surface area contributed by atoms with Crippen molar-refractivity contribution in [1.29, 1.82) is 0 Å². The van der Waals surface area contributed by atoms with Crippen molar-refractivity contribution in [3.05, 3.63) is 94.5 Å². The van der Waals surface area contributed by atoms with Gasteiger partial charge in [0, 0.05) is 0 Å².